The monoisotopic (exact) mass is 161 g/mol. The normalized spacial score (nSPS) is 10.0. The summed E-state index contributed by atoms with van der Waals surface area (Å²) in [6, 6.07) is 3.56. The molecule has 2 heterocycles. The molecule has 5 heteroatoms. The SMILES string of the molecule is Nc1ccc(-c2ncn[nH]2)cn1. The molecular formula is C7H7N5. The Balaban J connectivity index is 2.43. The Morgan fingerprint density at radius 3 is 2.75 bits per heavy atom. The van der Waals surface area contributed by atoms with Crippen LogP contribution < -0.4 is 5.73 Å². The molecule has 2 rings (SSSR count). The number of rotatable bonds is 1. The summed E-state index contributed by atoms with van der Waals surface area (Å²) in [6.45, 7) is 0. The topological polar surface area (TPSA) is 80.5 Å². The Kier molecular flexibility index (Phi) is 1.48. The molecule has 0 aliphatic heterocycles. The third kappa shape index (κ3) is 1.12. The quantitative estimate of drug-likeness (QED) is 0.636. The van der Waals surface area contributed by atoms with Crippen molar-refractivity contribution in [3.63, 3.8) is 0 Å². The molecule has 0 unspecified atom stereocenters. The molecule has 0 fully saturated rings. The Bertz CT molecular complexity index is 350. The van der Waals surface area contributed by atoms with E-state index in [-0.39, 0.29) is 0 Å². The molecule has 0 radical (unpaired) electrons. The van der Waals surface area contributed by atoms with Crippen molar-refractivity contribution >= 4 is 5.82 Å². The molecule has 0 aliphatic carbocycles. The second kappa shape index (κ2) is 2.61. The number of H-pyrrole nitrogens is 1. The summed E-state index contributed by atoms with van der Waals surface area (Å²) in [4.78, 5) is 7.89. The van der Waals surface area contributed by atoms with E-state index < -0.39 is 0 Å². The lowest BCUT2D eigenvalue weighted by molar-refractivity contribution is 1.09. The molecule has 0 amide bonds. The number of aromatic nitrogens is 4. The third-order valence-electron chi connectivity index (χ3n) is 1.47. The average Bonchev–Trinajstić information content (AvgIpc) is 2.58. The Morgan fingerprint density at radius 2 is 2.17 bits per heavy atom. The van der Waals surface area contributed by atoms with Crippen molar-refractivity contribution < 1.29 is 0 Å². The minimum atomic E-state index is 0.498. The van der Waals surface area contributed by atoms with E-state index in [9.17, 15) is 0 Å². The zero-order valence-electron chi connectivity index (χ0n) is 6.23. The highest BCUT2D eigenvalue weighted by Crippen LogP contribution is 2.12. The van der Waals surface area contributed by atoms with Gasteiger partial charge in [-0.25, -0.2) is 9.97 Å². The van der Waals surface area contributed by atoms with Gasteiger partial charge in [-0.15, -0.1) is 0 Å². The molecule has 0 spiro atoms. The van der Waals surface area contributed by atoms with E-state index in [4.69, 9.17) is 5.73 Å². The molecule has 0 aliphatic rings. The van der Waals surface area contributed by atoms with Crippen molar-refractivity contribution in [3.8, 4) is 11.4 Å². The first-order valence-corrected chi connectivity index (χ1v) is 3.43. The van der Waals surface area contributed by atoms with Gasteiger partial charge in [0, 0.05) is 11.8 Å². The van der Waals surface area contributed by atoms with Crippen LogP contribution in [0.3, 0.4) is 0 Å². The standard InChI is InChI=1S/C7H7N5/c8-6-2-1-5(3-9-6)7-10-4-11-12-7/h1-4H,(H2,8,9)(H,10,11,12). The number of anilines is 1. The Morgan fingerprint density at radius 1 is 1.25 bits per heavy atom. The molecular weight excluding hydrogens is 154 g/mol. The van der Waals surface area contributed by atoms with E-state index in [0.717, 1.165) is 5.56 Å². The molecule has 2 aromatic heterocycles. The first-order chi connectivity index (χ1) is 5.86. The fourth-order valence-electron chi connectivity index (χ4n) is 0.890. The zero-order chi connectivity index (χ0) is 8.39. The van der Waals surface area contributed by atoms with Crippen molar-refractivity contribution in [1.82, 2.24) is 20.2 Å². The second-order valence-corrected chi connectivity index (χ2v) is 2.31. The molecule has 2 aromatic rings. The summed E-state index contributed by atoms with van der Waals surface area (Å²) in [5, 5.41) is 6.46. The molecule has 0 bridgehead atoms. The molecule has 3 N–H and O–H groups in total. The minimum absolute atomic E-state index is 0.498. The summed E-state index contributed by atoms with van der Waals surface area (Å²) in [5.41, 5.74) is 6.30. The van der Waals surface area contributed by atoms with Crippen LogP contribution in [0.1, 0.15) is 0 Å². The summed E-state index contributed by atoms with van der Waals surface area (Å²) in [5.74, 6) is 1.20. The number of nitrogens with zero attached hydrogens (tertiary/aromatic N) is 3. The maximum atomic E-state index is 5.42. The Labute approximate surface area is 68.7 Å². The van der Waals surface area contributed by atoms with Crippen molar-refractivity contribution in [2.24, 2.45) is 0 Å². The van der Waals surface area contributed by atoms with Crippen molar-refractivity contribution in [3.05, 3.63) is 24.7 Å². The van der Waals surface area contributed by atoms with Crippen LogP contribution in [0, 0.1) is 0 Å². The van der Waals surface area contributed by atoms with Gasteiger partial charge < -0.3 is 5.73 Å². The lowest BCUT2D eigenvalue weighted by Crippen LogP contribution is -1.89. The van der Waals surface area contributed by atoms with Gasteiger partial charge in [0.15, 0.2) is 5.82 Å². The van der Waals surface area contributed by atoms with Gasteiger partial charge in [-0.3, -0.25) is 5.10 Å². The summed E-state index contributed by atoms with van der Waals surface area (Å²) in [6.07, 6.45) is 3.10. The van der Waals surface area contributed by atoms with Gasteiger partial charge in [-0.2, -0.15) is 5.10 Å². The van der Waals surface area contributed by atoms with Crippen LogP contribution in [0.25, 0.3) is 11.4 Å². The predicted molar refractivity (Wildman–Crippen MR) is 44.0 cm³/mol. The number of hydrogen-bond acceptors (Lipinski definition) is 4. The second-order valence-electron chi connectivity index (χ2n) is 2.31. The highest BCUT2D eigenvalue weighted by atomic mass is 15.2. The van der Waals surface area contributed by atoms with Crippen LogP contribution in [0.5, 0.6) is 0 Å². The van der Waals surface area contributed by atoms with Gasteiger partial charge in [0.2, 0.25) is 0 Å². The first kappa shape index (κ1) is 6.78. The summed E-state index contributed by atoms with van der Waals surface area (Å²) in [7, 11) is 0. The molecule has 12 heavy (non-hydrogen) atoms. The fourth-order valence-corrected chi connectivity index (χ4v) is 0.890. The first-order valence-electron chi connectivity index (χ1n) is 3.43. The Hall–Kier alpha value is -1.91. The van der Waals surface area contributed by atoms with Crippen LogP contribution >= 0.6 is 0 Å². The van der Waals surface area contributed by atoms with Crippen molar-refractivity contribution in [1.29, 1.82) is 0 Å². The van der Waals surface area contributed by atoms with Gasteiger partial charge in [0.1, 0.15) is 12.1 Å². The van der Waals surface area contributed by atoms with Gasteiger partial charge in [-0.1, -0.05) is 0 Å². The van der Waals surface area contributed by atoms with Crippen LogP contribution in [0.4, 0.5) is 5.82 Å². The van der Waals surface area contributed by atoms with Crippen LogP contribution in [-0.4, -0.2) is 20.2 Å². The lowest BCUT2D eigenvalue weighted by Gasteiger charge is -1.94. The van der Waals surface area contributed by atoms with Crippen LogP contribution in [0.2, 0.25) is 0 Å². The zero-order valence-corrected chi connectivity index (χ0v) is 6.23. The number of pyridine rings is 1. The van der Waals surface area contributed by atoms with Gasteiger partial charge in [0.25, 0.3) is 0 Å². The maximum Gasteiger partial charge on any atom is 0.156 e. The number of nitrogen functional groups attached to an aromatic ring is 1. The molecule has 0 saturated heterocycles. The molecule has 5 nitrogen and oxygen atoms in total. The van der Waals surface area contributed by atoms with Crippen molar-refractivity contribution in [2.75, 3.05) is 5.73 Å². The summed E-state index contributed by atoms with van der Waals surface area (Å²) >= 11 is 0. The molecule has 0 saturated carbocycles. The molecule has 0 aromatic carbocycles. The number of nitrogens with one attached hydrogen (secondary N) is 1. The average molecular weight is 161 g/mol. The van der Waals surface area contributed by atoms with Crippen LogP contribution in [-0.2, 0) is 0 Å². The van der Waals surface area contributed by atoms with Crippen molar-refractivity contribution in [2.45, 2.75) is 0 Å². The van der Waals surface area contributed by atoms with E-state index in [1.165, 1.54) is 6.33 Å². The van der Waals surface area contributed by atoms with E-state index in [1.54, 1.807) is 12.3 Å². The number of aromatic amines is 1. The van der Waals surface area contributed by atoms with E-state index in [1.807, 2.05) is 6.07 Å². The highest BCUT2D eigenvalue weighted by molar-refractivity contribution is 5.54. The van der Waals surface area contributed by atoms with Gasteiger partial charge >= 0.3 is 0 Å². The largest absolute Gasteiger partial charge is 0.384 e. The molecule has 0 atom stereocenters. The minimum Gasteiger partial charge on any atom is -0.384 e. The van der Waals surface area contributed by atoms with Gasteiger partial charge in [0.05, 0.1) is 0 Å². The highest BCUT2D eigenvalue weighted by Gasteiger charge is 1.98. The van der Waals surface area contributed by atoms with E-state index >= 15 is 0 Å². The maximum absolute atomic E-state index is 5.42. The lowest BCUT2D eigenvalue weighted by atomic mass is 10.3. The number of nitrogens with two attached hydrogens (primary N) is 1. The van der Waals surface area contributed by atoms with E-state index in [2.05, 4.69) is 20.2 Å². The molecule has 60 valence electrons. The van der Waals surface area contributed by atoms with Crippen LogP contribution in [0.15, 0.2) is 24.7 Å². The van der Waals surface area contributed by atoms with E-state index in [0.29, 0.717) is 11.6 Å². The summed E-state index contributed by atoms with van der Waals surface area (Å²) < 4.78 is 0. The third-order valence-corrected chi connectivity index (χ3v) is 1.47. The van der Waals surface area contributed by atoms with Gasteiger partial charge in [-0.05, 0) is 12.1 Å². The number of hydrogen-bond donors (Lipinski definition) is 2. The predicted octanol–water partition coefficient (Wildman–Crippen LogP) is 0.449. The smallest absolute Gasteiger partial charge is 0.156 e. The fraction of sp³-hybridized carbons (Fsp3) is 0.